The van der Waals surface area contributed by atoms with Crippen molar-refractivity contribution in [1.82, 2.24) is 29.6 Å². The highest BCUT2D eigenvalue weighted by molar-refractivity contribution is 5.79. The lowest BCUT2D eigenvalue weighted by Gasteiger charge is -2.41. The highest BCUT2D eigenvalue weighted by Gasteiger charge is 2.30. The Hall–Kier alpha value is -3.78. The normalized spacial score (nSPS) is 17.1. The number of benzene rings is 1. The number of aliphatic hydroxyl groups is 1. The van der Waals surface area contributed by atoms with Crippen LogP contribution in [0.15, 0.2) is 36.7 Å². The maximum atomic E-state index is 9.58. The first kappa shape index (κ1) is 23.6. The molecular formula is C27H29N7O3. The number of hydrogen-bond donors (Lipinski definition) is 2. The molecule has 190 valence electrons. The van der Waals surface area contributed by atoms with Crippen molar-refractivity contribution in [3.05, 3.63) is 53.6 Å². The number of aryl methyl sites for hydroxylation is 1. The van der Waals surface area contributed by atoms with Crippen molar-refractivity contribution in [2.45, 2.75) is 38.3 Å². The molecule has 10 nitrogen and oxygen atoms in total. The minimum absolute atomic E-state index is 0.0163. The van der Waals surface area contributed by atoms with E-state index in [1.165, 1.54) is 0 Å². The molecule has 3 aromatic heterocycles. The fourth-order valence-electron chi connectivity index (χ4n) is 5.18. The van der Waals surface area contributed by atoms with Gasteiger partial charge in [-0.25, -0.2) is 9.97 Å². The summed E-state index contributed by atoms with van der Waals surface area (Å²) in [6, 6.07) is 12.5. The number of aromatic amines is 1. The van der Waals surface area contributed by atoms with E-state index >= 15 is 0 Å². The zero-order valence-electron chi connectivity index (χ0n) is 20.7. The molecule has 10 heteroatoms. The number of piperidine rings is 1. The van der Waals surface area contributed by atoms with E-state index in [0.717, 1.165) is 67.2 Å². The van der Waals surface area contributed by atoms with E-state index in [1.54, 1.807) is 6.33 Å². The predicted molar refractivity (Wildman–Crippen MR) is 137 cm³/mol. The van der Waals surface area contributed by atoms with Gasteiger partial charge in [0.1, 0.15) is 30.1 Å². The van der Waals surface area contributed by atoms with Crippen molar-refractivity contribution in [2.24, 2.45) is 0 Å². The lowest BCUT2D eigenvalue weighted by molar-refractivity contribution is -0.0778. The summed E-state index contributed by atoms with van der Waals surface area (Å²) in [5.41, 5.74) is 4.91. The number of hydrogen-bond acceptors (Lipinski definition) is 8. The first-order chi connectivity index (χ1) is 18.1. The number of pyridine rings is 1. The van der Waals surface area contributed by atoms with E-state index in [4.69, 9.17) is 14.5 Å². The van der Waals surface area contributed by atoms with E-state index in [1.807, 2.05) is 41.8 Å². The summed E-state index contributed by atoms with van der Waals surface area (Å²) in [4.78, 5) is 12.0. The quantitative estimate of drug-likeness (QED) is 0.398. The van der Waals surface area contributed by atoms with Crippen LogP contribution in [0.2, 0.25) is 0 Å². The molecule has 2 saturated heterocycles. The van der Waals surface area contributed by atoms with Crippen molar-refractivity contribution < 1.29 is 14.6 Å². The van der Waals surface area contributed by atoms with E-state index in [-0.39, 0.29) is 18.4 Å². The third kappa shape index (κ3) is 4.46. The molecular weight excluding hydrogens is 470 g/mol. The number of H-pyrrole nitrogens is 1. The lowest BCUT2D eigenvalue weighted by Crippen LogP contribution is -2.52. The molecule has 0 spiro atoms. The van der Waals surface area contributed by atoms with Crippen LogP contribution in [0.1, 0.15) is 29.8 Å². The van der Waals surface area contributed by atoms with Crippen molar-refractivity contribution in [2.75, 3.05) is 32.9 Å². The molecule has 0 bridgehead atoms. The summed E-state index contributed by atoms with van der Waals surface area (Å²) >= 11 is 0. The van der Waals surface area contributed by atoms with Gasteiger partial charge in [-0.1, -0.05) is 6.07 Å². The van der Waals surface area contributed by atoms with Gasteiger partial charge in [-0.05, 0) is 49.9 Å². The highest BCUT2D eigenvalue weighted by Crippen LogP contribution is 2.30. The predicted octanol–water partition coefficient (Wildman–Crippen LogP) is 2.77. The third-order valence-corrected chi connectivity index (χ3v) is 7.32. The number of nitrogens with zero attached hydrogens (tertiary/aromatic N) is 6. The maximum Gasteiger partial charge on any atom is 0.171 e. The molecule has 4 aromatic rings. The van der Waals surface area contributed by atoms with Gasteiger partial charge in [-0.2, -0.15) is 10.4 Å². The van der Waals surface area contributed by atoms with Crippen LogP contribution in [0.25, 0.3) is 28.1 Å². The number of fused-ring (bicyclic) bond motifs is 1. The Morgan fingerprint density at radius 3 is 2.78 bits per heavy atom. The van der Waals surface area contributed by atoms with Gasteiger partial charge in [-0.3, -0.25) is 14.6 Å². The van der Waals surface area contributed by atoms with Gasteiger partial charge < -0.3 is 14.6 Å². The van der Waals surface area contributed by atoms with Crippen molar-refractivity contribution in [3.8, 4) is 28.9 Å². The summed E-state index contributed by atoms with van der Waals surface area (Å²) < 4.78 is 13.6. The number of imidazole rings is 1. The lowest BCUT2D eigenvalue weighted by atomic mass is 10.0. The van der Waals surface area contributed by atoms with E-state index in [0.29, 0.717) is 29.5 Å². The summed E-state index contributed by atoms with van der Waals surface area (Å²) in [5.74, 6) is 1.49. The van der Waals surface area contributed by atoms with Crippen LogP contribution in [0.5, 0.6) is 5.75 Å². The van der Waals surface area contributed by atoms with Crippen LogP contribution in [-0.2, 0) is 11.2 Å². The minimum atomic E-state index is -0.0163. The Kier molecular flexibility index (Phi) is 6.34. The van der Waals surface area contributed by atoms with Crippen molar-refractivity contribution in [1.29, 1.82) is 5.26 Å². The topological polar surface area (TPSA) is 125 Å². The van der Waals surface area contributed by atoms with E-state index in [9.17, 15) is 10.4 Å². The Labute approximate surface area is 214 Å². The molecule has 2 N–H and O–H groups in total. The average Bonchev–Trinajstić information content (AvgIpc) is 3.47. The Morgan fingerprint density at radius 2 is 2.05 bits per heavy atom. The molecule has 0 atom stereocenters. The molecule has 2 aliphatic heterocycles. The summed E-state index contributed by atoms with van der Waals surface area (Å²) in [7, 11) is 0. The number of likely N-dealkylation sites (tertiary alicyclic amines) is 1. The van der Waals surface area contributed by atoms with Crippen LogP contribution in [0, 0.1) is 18.3 Å². The van der Waals surface area contributed by atoms with E-state index in [2.05, 4.69) is 26.2 Å². The standard InChI is InChI=1S/C27H29N7O3/c1-17-26(23(13-28)32-31-17)27-18(8-11-35)2-5-25(30-27)34-16-29-22-12-21(3-4-24(22)34)37-20-6-9-33(10-7-20)19-14-36-15-19/h2-5,12,16,19-20,35H,6-11,14-15H2,1H3,(H,31,32). The van der Waals surface area contributed by atoms with Gasteiger partial charge >= 0.3 is 0 Å². The minimum Gasteiger partial charge on any atom is -0.490 e. The molecule has 0 saturated carbocycles. The number of nitriles is 1. The van der Waals surface area contributed by atoms with Crippen LogP contribution < -0.4 is 4.74 Å². The largest absolute Gasteiger partial charge is 0.490 e. The molecule has 0 radical (unpaired) electrons. The molecule has 2 aliphatic rings. The Balaban J connectivity index is 1.26. The van der Waals surface area contributed by atoms with Gasteiger partial charge in [-0.15, -0.1) is 0 Å². The van der Waals surface area contributed by atoms with Gasteiger partial charge in [0.05, 0.1) is 41.5 Å². The van der Waals surface area contributed by atoms with Gasteiger partial charge in [0.25, 0.3) is 0 Å². The van der Waals surface area contributed by atoms with Crippen molar-refractivity contribution in [3.63, 3.8) is 0 Å². The zero-order valence-corrected chi connectivity index (χ0v) is 20.7. The first-order valence-corrected chi connectivity index (χ1v) is 12.7. The Morgan fingerprint density at radius 1 is 1.22 bits per heavy atom. The van der Waals surface area contributed by atoms with Gasteiger partial charge in [0.2, 0.25) is 0 Å². The second-order valence-corrected chi connectivity index (χ2v) is 9.64. The molecule has 1 aromatic carbocycles. The molecule has 0 unspecified atom stereocenters. The first-order valence-electron chi connectivity index (χ1n) is 12.7. The fraction of sp³-hybridized carbons (Fsp3) is 0.407. The summed E-state index contributed by atoms with van der Waals surface area (Å²) in [6.07, 6.45) is 4.39. The summed E-state index contributed by atoms with van der Waals surface area (Å²) in [6.45, 7) is 5.63. The van der Waals surface area contributed by atoms with Gasteiger partial charge in [0.15, 0.2) is 5.69 Å². The third-order valence-electron chi connectivity index (χ3n) is 7.32. The molecule has 2 fully saturated rings. The van der Waals surface area contributed by atoms with Crippen LogP contribution in [0.4, 0.5) is 0 Å². The van der Waals surface area contributed by atoms with Crippen molar-refractivity contribution >= 4 is 11.0 Å². The highest BCUT2D eigenvalue weighted by atomic mass is 16.5. The van der Waals surface area contributed by atoms with Crippen LogP contribution in [0.3, 0.4) is 0 Å². The molecule has 0 aliphatic carbocycles. The second kappa shape index (κ2) is 9.94. The molecule has 6 rings (SSSR count). The number of aliphatic hydroxyl groups excluding tert-OH is 1. The number of nitrogens with one attached hydrogen (secondary N) is 1. The zero-order chi connectivity index (χ0) is 25.4. The second-order valence-electron chi connectivity index (χ2n) is 9.64. The molecule has 5 heterocycles. The smallest absolute Gasteiger partial charge is 0.171 e. The van der Waals surface area contributed by atoms with E-state index < -0.39 is 0 Å². The average molecular weight is 500 g/mol. The van der Waals surface area contributed by atoms with Gasteiger partial charge in [0, 0.05) is 31.5 Å². The molecule has 37 heavy (non-hydrogen) atoms. The Bertz CT molecular complexity index is 1460. The SMILES string of the molecule is Cc1[nH]nc(C#N)c1-c1nc(-n2cnc3cc(OC4CCN(C5COC5)CC4)ccc32)ccc1CCO. The fourth-order valence-corrected chi connectivity index (χ4v) is 5.18. The maximum absolute atomic E-state index is 9.58. The summed E-state index contributed by atoms with van der Waals surface area (Å²) in [5, 5.41) is 26.1. The van der Waals surface area contributed by atoms with Crippen LogP contribution >= 0.6 is 0 Å². The number of aromatic nitrogens is 5. The van der Waals surface area contributed by atoms with Crippen LogP contribution in [-0.4, -0.2) is 79.8 Å². The monoisotopic (exact) mass is 499 g/mol. The number of ether oxygens (including phenoxy) is 2. The number of rotatable bonds is 7. The molecule has 0 amide bonds.